The Kier molecular flexibility index (Phi) is 4.41. The van der Waals surface area contributed by atoms with E-state index in [2.05, 4.69) is 11.8 Å². The van der Waals surface area contributed by atoms with Gasteiger partial charge in [0, 0.05) is 21.9 Å². The molecule has 0 saturated carbocycles. The lowest BCUT2D eigenvalue weighted by Gasteiger charge is -2.18. The average Bonchev–Trinajstić information content (AvgIpc) is 3.06. The van der Waals surface area contributed by atoms with Crippen molar-refractivity contribution in [1.82, 2.24) is 0 Å². The average molecular weight is 382 g/mol. The highest BCUT2D eigenvalue weighted by molar-refractivity contribution is 7.46. The van der Waals surface area contributed by atoms with Crippen LogP contribution in [0.2, 0.25) is 0 Å². The quantitative estimate of drug-likeness (QED) is 0.364. The molecule has 6 heteroatoms. The van der Waals surface area contributed by atoms with Gasteiger partial charge in [-0.2, -0.15) is 8.78 Å². The number of hydrogen-bond donors (Lipinski definition) is 2. The van der Waals surface area contributed by atoms with Crippen molar-refractivity contribution >= 4 is 30.3 Å². The van der Waals surface area contributed by atoms with Crippen LogP contribution in [0, 0.1) is 11.8 Å². The monoisotopic (exact) mass is 382 g/mol. The first kappa shape index (κ1) is 17.6. The third-order valence-corrected chi connectivity index (χ3v) is 4.96. The van der Waals surface area contributed by atoms with Gasteiger partial charge in [-0.15, -0.1) is 0 Å². The highest BCUT2D eigenvalue weighted by Crippen LogP contribution is 2.55. The van der Waals surface area contributed by atoms with E-state index in [1.165, 1.54) is 12.1 Å². The lowest BCUT2D eigenvalue weighted by atomic mass is 10.0. The normalized spacial score (nSPS) is 11.7. The van der Waals surface area contributed by atoms with E-state index >= 15 is 0 Å². The summed E-state index contributed by atoms with van der Waals surface area (Å²) in [5.74, 6) is 5.95. The number of rotatable bonds is 2. The summed E-state index contributed by atoms with van der Waals surface area (Å²) in [6.45, 7) is 0. The van der Waals surface area contributed by atoms with Crippen LogP contribution in [0.25, 0.3) is 21.9 Å². The van der Waals surface area contributed by atoms with E-state index in [0.717, 1.165) is 5.56 Å². The van der Waals surface area contributed by atoms with Gasteiger partial charge in [-0.25, -0.2) is 0 Å². The number of alkyl halides is 2. The smallest absolute Gasteiger partial charge is 0.340 e. The molecule has 27 heavy (non-hydrogen) atoms. The predicted molar refractivity (Wildman–Crippen MR) is 101 cm³/mol. The fourth-order valence-corrected chi connectivity index (χ4v) is 3.35. The highest BCUT2D eigenvalue weighted by atomic mass is 31.2. The second kappa shape index (κ2) is 6.75. The molecule has 3 nitrogen and oxygen atoms in total. The number of para-hydroxylation sites is 1. The van der Waals surface area contributed by atoms with E-state index in [4.69, 9.17) is 4.42 Å². The van der Waals surface area contributed by atoms with Gasteiger partial charge in [0.15, 0.2) is 5.58 Å². The molecule has 1 aromatic heterocycles. The molecule has 0 unspecified atom stereocenters. The van der Waals surface area contributed by atoms with Crippen LogP contribution in [-0.4, -0.2) is 9.79 Å². The first-order valence-electron chi connectivity index (χ1n) is 8.06. The van der Waals surface area contributed by atoms with Crippen LogP contribution in [0.4, 0.5) is 8.78 Å². The van der Waals surface area contributed by atoms with E-state index in [9.17, 15) is 18.6 Å². The maximum Gasteiger partial charge on any atom is 0.340 e. The molecule has 0 aliphatic rings. The molecule has 0 saturated heterocycles. The summed E-state index contributed by atoms with van der Waals surface area (Å²) in [7, 11) is -3.49. The van der Waals surface area contributed by atoms with Crippen molar-refractivity contribution in [2.24, 2.45) is 0 Å². The first-order chi connectivity index (χ1) is 13.0. The largest absolute Gasteiger partial charge is 0.455 e. The molecule has 0 radical (unpaired) electrons. The molecule has 2 N–H and O–H groups in total. The highest BCUT2D eigenvalue weighted by Gasteiger charge is 2.43. The van der Waals surface area contributed by atoms with Gasteiger partial charge in [0.05, 0.1) is 5.56 Å². The Morgan fingerprint density at radius 1 is 0.852 bits per heavy atom. The second-order valence-electron chi connectivity index (χ2n) is 5.91. The zero-order chi connectivity index (χ0) is 19.0. The number of halogens is 2. The van der Waals surface area contributed by atoms with Crippen LogP contribution < -0.4 is 0 Å². The predicted octanol–water partition coefficient (Wildman–Crippen LogP) is 5.33. The topological polar surface area (TPSA) is 53.6 Å². The summed E-state index contributed by atoms with van der Waals surface area (Å²) in [4.78, 5) is 18.5. The van der Waals surface area contributed by atoms with Crippen LogP contribution >= 0.6 is 8.38 Å². The molecule has 1 heterocycles. The van der Waals surface area contributed by atoms with Crippen molar-refractivity contribution in [3.63, 3.8) is 0 Å². The maximum absolute atomic E-state index is 14.4. The zero-order valence-corrected chi connectivity index (χ0v) is 14.8. The standard InChI is InChI=1S/C21H13F2O3P/c22-21(23,27(24)25)17-13-12-15(11-10-14-6-2-1-3-7-14)20-19(17)16-8-4-5-9-18(16)26-20/h1-9,12-13,24-25H. The third-order valence-electron chi connectivity index (χ3n) is 4.22. The van der Waals surface area contributed by atoms with Crippen molar-refractivity contribution < 1.29 is 23.0 Å². The van der Waals surface area contributed by atoms with E-state index in [0.29, 0.717) is 16.5 Å². The summed E-state index contributed by atoms with van der Waals surface area (Å²) < 4.78 is 34.7. The first-order valence-corrected chi connectivity index (χ1v) is 9.31. The fourth-order valence-electron chi connectivity index (χ4n) is 2.95. The van der Waals surface area contributed by atoms with E-state index in [1.54, 1.807) is 24.3 Å². The van der Waals surface area contributed by atoms with Gasteiger partial charge >= 0.3 is 5.66 Å². The number of fused-ring (bicyclic) bond motifs is 3. The van der Waals surface area contributed by atoms with Crippen molar-refractivity contribution in [3.8, 4) is 11.8 Å². The molecule has 4 aromatic rings. The van der Waals surface area contributed by atoms with Gasteiger partial charge in [-0.1, -0.05) is 54.3 Å². The van der Waals surface area contributed by atoms with Crippen LogP contribution in [0.3, 0.4) is 0 Å². The van der Waals surface area contributed by atoms with Crippen LogP contribution in [0.1, 0.15) is 16.7 Å². The molecular formula is C21H13F2O3P. The Morgan fingerprint density at radius 2 is 1.56 bits per heavy atom. The van der Waals surface area contributed by atoms with Crippen molar-refractivity contribution in [1.29, 1.82) is 0 Å². The molecule has 0 spiro atoms. The molecular weight excluding hydrogens is 369 g/mol. The molecule has 0 amide bonds. The minimum Gasteiger partial charge on any atom is -0.455 e. The lowest BCUT2D eigenvalue weighted by Crippen LogP contribution is -2.11. The van der Waals surface area contributed by atoms with Crippen LogP contribution in [0.15, 0.2) is 71.1 Å². The van der Waals surface area contributed by atoms with Gasteiger partial charge in [0.25, 0.3) is 0 Å². The summed E-state index contributed by atoms with van der Waals surface area (Å²) in [5, 5.41) is 0.619. The number of furan rings is 1. The Bertz CT molecular complexity index is 1190. The van der Waals surface area contributed by atoms with E-state index in [1.807, 2.05) is 30.3 Å². The molecule has 0 fully saturated rings. The van der Waals surface area contributed by atoms with Crippen LogP contribution in [0.5, 0.6) is 0 Å². The van der Waals surface area contributed by atoms with Crippen molar-refractivity contribution in [2.75, 3.05) is 0 Å². The molecule has 3 aromatic carbocycles. The van der Waals surface area contributed by atoms with Gasteiger partial charge in [-0.3, -0.25) is 0 Å². The Balaban J connectivity index is 2.00. The fraction of sp³-hybridized carbons (Fsp3) is 0.0476. The van der Waals surface area contributed by atoms with E-state index < -0.39 is 19.6 Å². The second-order valence-corrected chi connectivity index (χ2v) is 7.05. The minimum absolute atomic E-state index is 0.145. The molecule has 4 rings (SSSR count). The zero-order valence-electron chi connectivity index (χ0n) is 13.9. The third kappa shape index (κ3) is 3.09. The van der Waals surface area contributed by atoms with Gasteiger partial charge in [0.2, 0.25) is 8.38 Å². The molecule has 134 valence electrons. The Hall–Kier alpha value is -2.77. The summed E-state index contributed by atoms with van der Waals surface area (Å²) in [6.07, 6.45) is 0. The summed E-state index contributed by atoms with van der Waals surface area (Å²) in [6, 6.07) is 18.7. The molecule has 0 atom stereocenters. The Labute approximate surface area is 154 Å². The summed E-state index contributed by atoms with van der Waals surface area (Å²) in [5.41, 5.74) is -2.41. The Morgan fingerprint density at radius 3 is 2.30 bits per heavy atom. The van der Waals surface area contributed by atoms with Gasteiger partial charge in [-0.05, 0) is 24.3 Å². The molecule has 0 aliphatic heterocycles. The number of benzene rings is 3. The SMILES string of the molecule is OP(O)C(F)(F)c1ccc(C#Cc2ccccc2)c2oc3ccccc3c12. The van der Waals surface area contributed by atoms with E-state index in [-0.39, 0.29) is 11.0 Å². The van der Waals surface area contributed by atoms with Crippen molar-refractivity contribution in [2.45, 2.75) is 5.66 Å². The number of hydrogen-bond acceptors (Lipinski definition) is 3. The minimum atomic E-state index is -3.79. The van der Waals surface area contributed by atoms with Crippen molar-refractivity contribution in [3.05, 3.63) is 83.4 Å². The van der Waals surface area contributed by atoms with Gasteiger partial charge in [0.1, 0.15) is 5.58 Å². The molecule has 0 aliphatic carbocycles. The van der Waals surface area contributed by atoms with Crippen LogP contribution in [-0.2, 0) is 5.66 Å². The molecule has 0 bridgehead atoms. The summed E-state index contributed by atoms with van der Waals surface area (Å²) >= 11 is 0. The maximum atomic E-state index is 14.4. The lowest BCUT2D eigenvalue weighted by molar-refractivity contribution is 0.0748. The van der Waals surface area contributed by atoms with Gasteiger partial charge < -0.3 is 14.2 Å².